The maximum absolute atomic E-state index is 12.1. The predicted molar refractivity (Wildman–Crippen MR) is 70.1 cm³/mol. The Morgan fingerprint density at radius 1 is 1.42 bits per heavy atom. The first-order chi connectivity index (χ1) is 9.11. The Labute approximate surface area is 110 Å². The van der Waals surface area contributed by atoms with Gasteiger partial charge in [-0.25, -0.2) is 9.78 Å². The zero-order valence-corrected chi connectivity index (χ0v) is 10.8. The van der Waals surface area contributed by atoms with E-state index in [1.807, 2.05) is 31.2 Å². The van der Waals surface area contributed by atoms with Crippen molar-refractivity contribution < 1.29 is 9.53 Å². The summed E-state index contributed by atoms with van der Waals surface area (Å²) in [6.45, 7) is 2.35. The van der Waals surface area contributed by atoms with E-state index in [2.05, 4.69) is 9.72 Å². The van der Waals surface area contributed by atoms with Gasteiger partial charge in [-0.3, -0.25) is 9.36 Å². The minimum Gasteiger partial charge on any atom is -0.465 e. The first kappa shape index (κ1) is 13.0. The summed E-state index contributed by atoms with van der Waals surface area (Å²) in [5.41, 5.74) is 1.63. The van der Waals surface area contributed by atoms with Crippen LogP contribution in [0.3, 0.4) is 0 Å². The van der Waals surface area contributed by atoms with Crippen molar-refractivity contribution in [3.8, 4) is 0 Å². The van der Waals surface area contributed by atoms with E-state index < -0.39 is 11.5 Å². The van der Waals surface area contributed by atoms with Crippen LogP contribution in [0.2, 0.25) is 0 Å². The van der Waals surface area contributed by atoms with Gasteiger partial charge in [-0.1, -0.05) is 29.8 Å². The molecule has 0 saturated carbocycles. The van der Waals surface area contributed by atoms with Gasteiger partial charge in [0.05, 0.1) is 20.0 Å². The number of rotatable bonds is 3. The Balaban J connectivity index is 2.36. The number of esters is 1. The van der Waals surface area contributed by atoms with Crippen molar-refractivity contribution in [1.82, 2.24) is 9.55 Å². The molecule has 19 heavy (non-hydrogen) atoms. The SMILES string of the molecule is COC(=O)c1cncn(Cc2cccc(C)c2)c1=O. The van der Waals surface area contributed by atoms with Gasteiger partial charge in [0, 0.05) is 6.20 Å². The van der Waals surface area contributed by atoms with Gasteiger partial charge in [0.1, 0.15) is 5.56 Å². The number of methoxy groups -OCH3 is 1. The van der Waals surface area contributed by atoms with Crippen LogP contribution in [0.4, 0.5) is 0 Å². The highest BCUT2D eigenvalue weighted by Gasteiger charge is 2.13. The number of hydrogen-bond acceptors (Lipinski definition) is 4. The minimum absolute atomic E-state index is 0.0577. The Morgan fingerprint density at radius 3 is 2.89 bits per heavy atom. The first-order valence-corrected chi connectivity index (χ1v) is 5.80. The number of carbonyl (C=O) groups excluding carboxylic acids is 1. The highest BCUT2D eigenvalue weighted by atomic mass is 16.5. The van der Waals surface area contributed by atoms with Gasteiger partial charge in [-0.2, -0.15) is 0 Å². The zero-order valence-electron chi connectivity index (χ0n) is 10.8. The van der Waals surface area contributed by atoms with Crippen molar-refractivity contribution in [3.63, 3.8) is 0 Å². The van der Waals surface area contributed by atoms with Crippen LogP contribution in [0.25, 0.3) is 0 Å². The molecule has 5 heteroatoms. The molecule has 0 aliphatic rings. The predicted octanol–water partition coefficient (Wildman–Crippen LogP) is 1.39. The average Bonchev–Trinajstić information content (AvgIpc) is 2.40. The second-order valence-corrected chi connectivity index (χ2v) is 4.22. The maximum Gasteiger partial charge on any atom is 0.345 e. The largest absolute Gasteiger partial charge is 0.465 e. The molecule has 0 N–H and O–H groups in total. The lowest BCUT2D eigenvalue weighted by molar-refractivity contribution is 0.0597. The van der Waals surface area contributed by atoms with E-state index in [1.165, 1.54) is 24.2 Å². The molecule has 0 spiro atoms. The Morgan fingerprint density at radius 2 is 2.21 bits per heavy atom. The van der Waals surface area contributed by atoms with Crippen molar-refractivity contribution in [2.75, 3.05) is 7.11 Å². The van der Waals surface area contributed by atoms with Crippen molar-refractivity contribution in [2.45, 2.75) is 13.5 Å². The molecule has 1 aromatic heterocycles. The summed E-state index contributed by atoms with van der Waals surface area (Å²) >= 11 is 0. The van der Waals surface area contributed by atoms with E-state index in [4.69, 9.17) is 0 Å². The number of nitrogens with zero attached hydrogens (tertiary/aromatic N) is 2. The van der Waals surface area contributed by atoms with Gasteiger partial charge in [0.15, 0.2) is 0 Å². The van der Waals surface area contributed by atoms with E-state index in [-0.39, 0.29) is 5.56 Å². The molecule has 0 aliphatic carbocycles. The third-order valence-corrected chi connectivity index (χ3v) is 2.74. The summed E-state index contributed by atoms with van der Waals surface area (Å²) in [5, 5.41) is 0. The molecule has 2 aromatic rings. The molecule has 5 nitrogen and oxygen atoms in total. The zero-order chi connectivity index (χ0) is 13.8. The van der Waals surface area contributed by atoms with Gasteiger partial charge in [0.25, 0.3) is 5.56 Å². The summed E-state index contributed by atoms with van der Waals surface area (Å²) < 4.78 is 5.94. The topological polar surface area (TPSA) is 61.2 Å². The number of aromatic nitrogens is 2. The molecule has 0 amide bonds. The molecule has 98 valence electrons. The van der Waals surface area contributed by atoms with Crippen molar-refractivity contribution in [2.24, 2.45) is 0 Å². The van der Waals surface area contributed by atoms with E-state index >= 15 is 0 Å². The van der Waals surface area contributed by atoms with Gasteiger partial charge in [0.2, 0.25) is 0 Å². The van der Waals surface area contributed by atoms with E-state index in [0.29, 0.717) is 6.54 Å². The minimum atomic E-state index is -0.670. The summed E-state index contributed by atoms with van der Waals surface area (Å²) in [6.07, 6.45) is 2.64. The van der Waals surface area contributed by atoms with Crippen LogP contribution >= 0.6 is 0 Å². The van der Waals surface area contributed by atoms with Crippen LogP contribution in [0.15, 0.2) is 41.6 Å². The number of ether oxygens (including phenoxy) is 1. The number of benzene rings is 1. The van der Waals surface area contributed by atoms with Crippen LogP contribution in [0.1, 0.15) is 21.5 Å². The molecular formula is C14H14N2O3. The second kappa shape index (κ2) is 5.48. The average molecular weight is 258 g/mol. The van der Waals surface area contributed by atoms with E-state index in [1.54, 1.807) is 0 Å². The van der Waals surface area contributed by atoms with E-state index in [0.717, 1.165) is 11.1 Å². The second-order valence-electron chi connectivity index (χ2n) is 4.22. The Kier molecular flexibility index (Phi) is 3.75. The molecule has 0 aliphatic heterocycles. The Bertz CT molecular complexity index is 662. The van der Waals surface area contributed by atoms with Crippen LogP contribution in [0.5, 0.6) is 0 Å². The molecule has 0 radical (unpaired) electrons. The molecule has 2 rings (SSSR count). The van der Waals surface area contributed by atoms with Crippen LogP contribution in [-0.2, 0) is 11.3 Å². The fourth-order valence-electron chi connectivity index (χ4n) is 1.82. The van der Waals surface area contributed by atoms with Crippen molar-refractivity contribution >= 4 is 5.97 Å². The third kappa shape index (κ3) is 2.88. The molecule has 0 unspecified atom stereocenters. The molecule has 0 atom stereocenters. The maximum atomic E-state index is 12.1. The lowest BCUT2D eigenvalue weighted by Crippen LogP contribution is -2.27. The molecule has 0 bridgehead atoms. The van der Waals surface area contributed by atoms with Crippen LogP contribution in [0, 0.1) is 6.92 Å². The quantitative estimate of drug-likeness (QED) is 0.780. The highest BCUT2D eigenvalue weighted by molar-refractivity contribution is 5.88. The van der Waals surface area contributed by atoms with Crippen LogP contribution in [-0.4, -0.2) is 22.6 Å². The standard InChI is InChI=1S/C14H14N2O3/c1-10-4-3-5-11(6-10)8-16-9-15-7-12(13(16)17)14(18)19-2/h3-7,9H,8H2,1-2H3. The summed E-state index contributed by atoms with van der Waals surface area (Å²) in [7, 11) is 1.24. The fourth-order valence-corrected chi connectivity index (χ4v) is 1.82. The van der Waals surface area contributed by atoms with Gasteiger partial charge in [-0.15, -0.1) is 0 Å². The fraction of sp³-hybridized carbons (Fsp3) is 0.214. The van der Waals surface area contributed by atoms with Crippen molar-refractivity contribution in [3.05, 3.63) is 63.8 Å². The normalized spacial score (nSPS) is 10.2. The third-order valence-electron chi connectivity index (χ3n) is 2.74. The monoisotopic (exact) mass is 258 g/mol. The van der Waals surface area contributed by atoms with Gasteiger partial charge in [-0.05, 0) is 12.5 Å². The number of aryl methyl sites for hydroxylation is 1. The summed E-state index contributed by atoms with van der Waals surface area (Å²) in [6, 6.07) is 7.81. The van der Waals surface area contributed by atoms with Gasteiger partial charge >= 0.3 is 5.97 Å². The van der Waals surface area contributed by atoms with Crippen molar-refractivity contribution in [1.29, 1.82) is 0 Å². The lowest BCUT2D eigenvalue weighted by Gasteiger charge is -2.07. The molecule has 1 heterocycles. The van der Waals surface area contributed by atoms with Gasteiger partial charge < -0.3 is 4.74 Å². The Hall–Kier alpha value is -2.43. The lowest BCUT2D eigenvalue weighted by atomic mass is 10.1. The van der Waals surface area contributed by atoms with E-state index in [9.17, 15) is 9.59 Å². The molecule has 0 saturated heterocycles. The highest BCUT2D eigenvalue weighted by Crippen LogP contribution is 2.05. The smallest absolute Gasteiger partial charge is 0.345 e. The summed E-state index contributed by atoms with van der Waals surface area (Å²) in [5.74, 6) is -0.670. The number of hydrogen-bond donors (Lipinski definition) is 0. The molecular weight excluding hydrogens is 244 g/mol. The first-order valence-electron chi connectivity index (χ1n) is 5.80. The summed E-state index contributed by atoms with van der Waals surface area (Å²) in [4.78, 5) is 27.4. The molecule has 0 fully saturated rings. The molecule has 1 aromatic carbocycles. The number of carbonyl (C=O) groups is 1. The van der Waals surface area contributed by atoms with Crippen LogP contribution < -0.4 is 5.56 Å².